The molecule has 1 fully saturated rings. The van der Waals surface area contributed by atoms with Crippen molar-refractivity contribution in [3.63, 3.8) is 0 Å². The van der Waals surface area contributed by atoms with E-state index in [9.17, 15) is 5.11 Å². The fourth-order valence-corrected chi connectivity index (χ4v) is 4.12. The Morgan fingerprint density at radius 2 is 1.94 bits per heavy atom. The van der Waals surface area contributed by atoms with Gasteiger partial charge in [-0.15, -0.1) is 0 Å². The zero-order valence-corrected chi connectivity index (χ0v) is 11.7. The van der Waals surface area contributed by atoms with E-state index in [0.717, 1.165) is 30.2 Å². The Hall–Kier alpha value is -0.340. The standard InChI is InChI=1S/C15H19BrO/c16-12-6-4-11-5-7-14(17)15(13(11)10-12)8-2-1-3-9-15/h4,6,10,14,17H,1-3,5,7-9H2. The molecule has 1 unspecified atom stereocenters. The van der Waals surface area contributed by atoms with Crippen LogP contribution < -0.4 is 0 Å². The van der Waals surface area contributed by atoms with Crippen LogP contribution in [0, 0.1) is 0 Å². The van der Waals surface area contributed by atoms with E-state index in [1.807, 2.05) is 0 Å². The fraction of sp³-hybridized carbons (Fsp3) is 0.600. The van der Waals surface area contributed by atoms with Crippen molar-refractivity contribution in [2.45, 2.75) is 56.5 Å². The molecule has 0 saturated heterocycles. The molecule has 92 valence electrons. The molecule has 0 aliphatic heterocycles. The normalized spacial score (nSPS) is 26.8. The van der Waals surface area contributed by atoms with E-state index >= 15 is 0 Å². The lowest BCUT2D eigenvalue weighted by Crippen LogP contribution is -2.45. The summed E-state index contributed by atoms with van der Waals surface area (Å²) >= 11 is 3.58. The molecule has 1 N–H and O–H groups in total. The van der Waals surface area contributed by atoms with Crippen molar-refractivity contribution in [1.82, 2.24) is 0 Å². The molecule has 1 atom stereocenters. The third-order valence-electron chi connectivity index (χ3n) is 4.68. The molecule has 1 nitrogen and oxygen atoms in total. The average Bonchev–Trinajstić information content (AvgIpc) is 2.36. The van der Waals surface area contributed by atoms with Crippen molar-refractivity contribution >= 4 is 15.9 Å². The zero-order valence-electron chi connectivity index (χ0n) is 10.1. The van der Waals surface area contributed by atoms with Crippen LogP contribution in [0.4, 0.5) is 0 Å². The minimum absolute atomic E-state index is 0.0651. The van der Waals surface area contributed by atoms with Gasteiger partial charge in [-0.25, -0.2) is 0 Å². The van der Waals surface area contributed by atoms with Crippen molar-refractivity contribution in [3.8, 4) is 0 Å². The number of hydrogen-bond donors (Lipinski definition) is 1. The summed E-state index contributed by atoms with van der Waals surface area (Å²) in [6, 6.07) is 6.62. The lowest BCUT2D eigenvalue weighted by atomic mass is 9.61. The van der Waals surface area contributed by atoms with Gasteiger partial charge in [-0.05, 0) is 48.9 Å². The number of halogens is 1. The van der Waals surface area contributed by atoms with Crippen LogP contribution in [0.1, 0.15) is 49.7 Å². The van der Waals surface area contributed by atoms with Gasteiger partial charge in [0.2, 0.25) is 0 Å². The van der Waals surface area contributed by atoms with Gasteiger partial charge in [-0.2, -0.15) is 0 Å². The number of aliphatic hydroxyl groups excluding tert-OH is 1. The van der Waals surface area contributed by atoms with Gasteiger partial charge in [0, 0.05) is 9.89 Å². The molecule has 0 aromatic heterocycles. The molecule has 0 radical (unpaired) electrons. The molecular weight excluding hydrogens is 276 g/mol. The molecule has 2 aliphatic rings. The first kappa shape index (κ1) is 11.7. The minimum atomic E-state index is -0.135. The quantitative estimate of drug-likeness (QED) is 0.768. The van der Waals surface area contributed by atoms with Crippen molar-refractivity contribution in [1.29, 1.82) is 0 Å². The lowest BCUT2D eigenvalue weighted by Gasteiger charge is -2.46. The molecule has 1 aromatic rings. The lowest BCUT2D eigenvalue weighted by molar-refractivity contribution is 0.0390. The van der Waals surface area contributed by atoms with Gasteiger partial charge in [0.25, 0.3) is 0 Å². The molecule has 0 amide bonds. The van der Waals surface area contributed by atoms with Gasteiger partial charge in [-0.1, -0.05) is 41.3 Å². The van der Waals surface area contributed by atoms with Crippen molar-refractivity contribution in [2.24, 2.45) is 0 Å². The number of aryl methyl sites for hydroxylation is 1. The van der Waals surface area contributed by atoms with E-state index in [0.29, 0.717) is 0 Å². The third kappa shape index (κ3) is 1.86. The summed E-state index contributed by atoms with van der Waals surface area (Å²) in [6.07, 6.45) is 8.03. The molecule has 2 aliphatic carbocycles. The second-order valence-electron chi connectivity index (χ2n) is 5.57. The van der Waals surface area contributed by atoms with Gasteiger partial charge in [0.1, 0.15) is 0 Å². The second-order valence-corrected chi connectivity index (χ2v) is 6.49. The van der Waals surface area contributed by atoms with E-state index in [-0.39, 0.29) is 11.5 Å². The van der Waals surface area contributed by atoms with Crippen molar-refractivity contribution < 1.29 is 5.11 Å². The Morgan fingerprint density at radius 1 is 1.18 bits per heavy atom. The molecule has 0 heterocycles. The fourth-order valence-electron chi connectivity index (χ4n) is 3.76. The highest BCUT2D eigenvalue weighted by Crippen LogP contribution is 2.48. The Bertz CT molecular complexity index is 421. The van der Waals surface area contributed by atoms with Crippen LogP contribution in [-0.2, 0) is 11.8 Å². The summed E-state index contributed by atoms with van der Waals surface area (Å²) in [4.78, 5) is 0. The summed E-state index contributed by atoms with van der Waals surface area (Å²) in [5, 5.41) is 10.5. The van der Waals surface area contributed by atoms with Crippen LogP contribution >= 0.6 is 15.9 Å². The first-order valence-corrected chi connectivity index (χ1v) is 7.49. The Kier molecular flexibility index (Phi) is 3.04. The second kappa shape index (κ2) is 4.40. The average molecular weight is 295 g/mol. The van der Waals surface area contributed by atoms with Crippen molar-refractivity contribution in [2.75, 3.05) is 0 Å². The van der Waals surface area contributed by atoms with E-state index in [4.69, 9.17) is 0 Å². The van der Waals surface area contributed by atoms with Gasteiger partial charge >= 0.3 is 0 Å². The van der Waals surface area contributed by atoms with Crippen LogP contribution in [-0.4, -0.2) is 11.2 Å². The SMILES string of the molecule is OC1CCc2ccc(Br)cc2C12CCCCC2. The van der Waals surface area contributed by atoms with Crippen LogP contribution in [0.15, 0.2) is 22.7 Å². The smallest absolute Gasteiger partial charge is 0.0640 e. The molecule has 1 saturated carbocycles. The predicted molar refractivity (Wildman–Crippen MR) is 73.2 cm³/mol. The van der Waals surface area contributed by atoms with E-state index < -0.39 is 0 Å². The summed E-state index contributed by atoms with van der Waals surface area (Å²) in [6.45, 7) is 0. The predicted octanol–water partition coefficient (Wildman–Crippen LogP) is 3.96. The first-order chi connectivity index (χ1) is 8.22. The summed E-state index contributed by atoms with van der Waals surface area (Å²) in [7, 11) is 0. The minimum Gasteiger partial charge on any atom is -0.392 e. The van der Waals surface area contributed by atoms with Crippen LogP contribution in [0.3, 0.4) is 0 Å². The Morgan fingerprint density at radius 3 is 2.71 bits per heavy atom. The van der Waals surface area contributed by atoms with E-state index in [1.54, 1.807) is 0 Å². The molecule has 3 rings (SSSR count). The molecule has 0 bridgehead atoms. The summed E-state index contributed by atoms with van der Waals surface area (Å²) in [5.74, 6) is 0. The third-order valence-corrected chi connectivity index (χ3v) is 5.17. The topological polar surface area (TPSA) is 20.2 Å². The largest absolute Gasteiger partial charge is 0.392 e. The zero-order chi connectivity index (χ0) is 11.9. The molecule has 2 heteroatoms. The van der Waals surface area contributed by atoms with Crippen LogP contribution in [0.2, 0.25) is 0 Å². The number of hydrogen-bond acceptors (Lipinski definition) is 1. The molecule has 1 aromatic carbocycles. The number of benzene rings is 1. The highest BCUT2D eigenvalue weighted by atomic mass is 79.9. The summed E-state index contributed by atoms with van der Waals surface area (Å²) in [5.41, 5.74) is 2.95. The maximum absolute atomic E-state index is 10.5. The Labute approximate surface area is 111 Å². The number of aliphatic hydroxyl groups is 1. The molecule has 17 heavy (non-hydrogen) atoms. The van der Waals surface area contributed by atoms with Crippen LogP contribution in [0.25, 0.3) is 0 Å². The van der Waals surface area contributed by atoms with Crippen LogP contribution in [0.5, 0.6) is 0 Å². The van der Waals surface area contributed by atoms with E-state index in [1.165, 1.54) is 30.4 Å². The van der Waals surface area contributed by atoms with Gasteiger partial charge < -0.3 is 5.11 Å². The molecular formula is C15H19BrO. The van der Waals surface area contributed by atoms with E-state index in [2.05, 4.69) is 34.1 Å². The maximum atomic E-state index is 10.5. The van der Waals surface area contributed by atoms with Gasteiger partial charge in [-0.3, -0.25) is 0 Å². The van der Waals surface area contributed by atoms with Gasteiger partial charge in [0.15, 0.2) is 0 Å². The highest BCUT2D eigenvalue weighted by molar-refractivity contribution is 9.10. The Balaban J connectivity index is 2.11. The summed E-state index contributed by atoms with van der Waals surface area (Å²) < 4.78 is 1.15. The van der Waals surface area contributed by atoms with Crippen molar-refractivity contribution in [3.05, 3.63) is 33.8 Å². The molecule has 1 spiro atoms. The maximum Gasteiger partial charge on any atom is 0.0640 e. The number of rotatable bonds is 0. The monoisotopic (exact) mass is 294 g/mol. The highest BCUT2D eigenvalue weighted by Gasteiger charge is 2.43. The number of fused-ring (bicyclic) bond motifs is 2. The van der Waals surface area contributed by atoms with Gasteiger partial charge in [0.05, 0.1) is 6.10 Å². The first-order valence-electron chi connectivity index (χ1n) is 6.69.